The van der Waals surface area contributed by atoms with Crippen LogP contribution in [0.5, 0.6) is 0 Å². The molecule has 0 aliphatic carbocycles. The molecule has 1 fully saturated rings. The SMILES string of the molecule is C#CCCC(N)C(C)(CC)N1CCCC1. The summed E-state index contributed by atoms with van der Waals surface area (Å²) in [5.74, 6) is 2.69. The Kier molecular flexibility index (Phi) is 4.63. The number of likely N-dealkylation sites (tertiary alicyclic amines) is 1. The molecular weight excluding hydrogens is 184 g/mol. The van der Waals surface area contributed by atoms with Gasteiger partial charge in [-0.1, -0.05) is 6.92 Å². The van der Waals surface area contributed by atoms with Crippen molar-refractivity contribution < 1.29 is 0 Å². The Morgan fingerprint density at radius 3 is 2.53 bits per heavy atom. The van der Waals surface area contributed by atoms with E-state index in [0.717, 1.165) is 19.3 Å². The van der Waals surface area contributed by atoms with Gasteiger partial charge in [0.05, 0.1) is 0 Å². The van der Waals surface area contributed by atoms with Gasteiger partial charge in [0.15, 0.2) is 0 Å². The topological polar surface area (TPSA) is 29.3 Å². The highest BCUT2D eigenvalue weighted by atomic mass is 15.2. The lowest BCUT2D eigenvalue weighted by Crippen LogP contribution is -2.56. The molecule has 0 bridgehead atoms. The van der Waals surface area contributed by atoms with Crippen molar-refractivity contribution in [3.63, 3.8) is 0 Å². The fraction of sp³-hybridized carbons (Fsp3) is 0.846. The second-order valence-electron chi connectivity index (χ2n) is 4.75. The lowest BCUT2D eigenvalue weighted by Gasteiger charge is -2.43. The number of nitrogens with two attached hydrogens (primary N) is 1. The van der Waals surface area contributed by atoms with Crippen molar-refractivity contribution in [2.45, 2.75) is 57.5 Å². The Bertz CT molecular complexity index is 225. The molecule has 86 valence electrons. The first-order valence-electron chi connectivity index (χ1n) is 6.09. The van der Waals surface area contributed by atoms with Crippen LogP contribution < -0.4 is 5.73 Å². The fourth-order valence-corrected chi connectivity index (χ4v) is 2.50. The Morgan fingerprint density at radius 1 is 1.47 bits per heavy atom. The summed E-state index contributed by atoms with van der Waals surface area (Å²) in [5.41, 5.74) is 6.44. The van der Waals surface area contributed by atoms with E-state index in [9.17, 15) is 0 Å². The highest BCUT2D eigenvalue weighted by Gasteiger charge is 2.36. The molecule has 0 amide bonds. The third-order valence-electron chi connectivity index (χ3n) is 3.94. The van der Waals surface area contributed by atoms with E-state index in [1.54, 1.807) is 0 Å². The standard InChI is InChI=1S/C13H24N2/c1-4-6-9-12(14)13(3,5-2)15-10-7-8-11-15/h1,12H,5-11,14H2,2-3H3. The maximum Gasteiger partial charge on any atom is 0.0329 e. The maximum absolute atomic E-state index is 6.29. The second kappa shape index (κ2) is 5.53. The summed E-state index contributed by atoms with van der Waals surface area (Å²) in [6.45, 7) is 6.93. The van der Waals surface area contributed by atoms with Gasteiger partial charge >= 0.3 is 0 Å². The van der Waals surface area contributed by atoms with Gasteiger partial charge in [-0.15, -0.1) is 12.3 Å². The van der Waals surface area contributed by atoms with Gasteiger partial charge in [-0.05, 0) is 45.7 Å². The third-order valence-corrected chi connectivity index (χ3v) is 3.94. The molecule has 0 saturated carbocycles. The molecule has 2 N–H and O–H groups in total. The average molecular weight is 208 g/mol. The normalized spacial score (nSPS) is 23.3. The molecule has 2 unspecified atom stereocenters. The van der Waals surface area contributed by atoms with Gasteiger partial charge in [0.1, 0.15) is 0 Å². The molecule has 0 radical (unpaired) electrons. The van der Waals surface area contributed by atoms with E-state index in [1.807, 2.05) is 0 Å². The molecule has 0 aromatic rings. The van der Waals surface area contributed by atoms with Crippen molar-refractivity contribution in [3.8, 4) is 12.3 Å². The Labute approximate surface area is 94.2 Å². The Hall–Kier alpha value is -0.520. The minimum Gasteiger partial charge on any atom is -0.326 e. The van der Waals surface area contributed by atoms with E-state index < -0.39 is 0 Å². The second-order valence-corrected chi connectivity index (χ2v) is 4.75. The van der Waals surface area contributed by atoms with E-state index >= 15 is 0 Å². The van der Waals surface area contributed by atoms with Crippen LogP contribution in [0.4, 0.5) is 0 Å². The van der Waals surface area contributed by atoms with Crippen LogP contribution in [0.25, 0.3) is 0 Å². The number of terminal acetylenes is 1. The Morgan fingerprint density at radius 2 is 2.07 bits per heavy atom. The summed E-state index contributed by atoms with van der Waals surface area (Å²) in [7, 11) is 0. The maximum atomic E-state index is 6.29. The van der Waals surface area contributed by atoms with E-state index in [2.05, 4.69) is 24.7 Å². The highest BCUT2D eigenvalue weighted by molar-refractivity contribution is 4.98. The minimum atomic E-state index is 0.146. The van der Waals surface area contributed by atoms with Gasteiger partial charge in [0.2, 0.25) is 0 Å². The van der Waals surface area contributed by atoms with Crippen LogP contribution >= 0.6 is 0 Å². The van der Waals surface area contributed by atoms with Crippen LogP contribution in [0.15, 0.2) is 0 Å². The van der Waals surface area contributed by atoms with Crippen LogP contribution in [0.2, 0.25) is 0 Å². The highest BCUT2D eigenvalue weighted by Crippen LogP contribution is 2.28. The van der Waals surface area contributed by atoms with Gasteiger partial charge in [-0.3, -0.25) is 4.90 Å². The smallest absolute Gasteiger partial charge is 0.0329 e. The predicted octanol–water partition coefficient (Wildman–Crippen LogP) is 1.99. The lowest BCUT2D eigenvalue weighted by molar-refractivity contribution is 0.0971. The van der Waals surface area contributed by atoms with E-state index in [-0.39, 0.29) is 11.6 Å². The fourth-order valence-electron chi connectivity index (χ4n) is 2.50. The van der Waals surface area contributed by atoms with Gasteiger partial charge in [-0.25, -0.2) is 0 Å². The third kappa shape index (κ3) is 2.74. The molecule has 2 atom stereocenters. The summed E-state index contributed by atoms with van der Waals surface area (Å²) in [4.78, 5) is 2.55. The van der Waals surface area contributed by atoms with Crippen LogP contribution in [-0.4, -0.2) is 29.6 Å². The van der Waals surface area contributed by atoms with Gasteiger partial charge < -0.3 is 5.73 Å². The predicted molar refractivity (Wildman–Crippen MR) is 65.5 cm³/mol. The van der Waals surface area contributed by atoms with Crippen molar-refractivity contribution in [2.24, 2.45) is 5.73 Å². The zero-order valence-corrected chi connectivity index (χ0v) is 10.1. The minimum absolute atomic E-state index is 0.146. The van der Waals surface area contributed by atoms with E-state index in [1.165, 1.54) is 25.9 Å². The molecule has 1 aliphatic heterocycles. The van der Waals surface area contributed by atoms with Crippen LogP contribution in [0, 0.1) is 12.3 Å². The van der Waals surface area contributed by atoms with Gasteiger partial charge in [0, 0.05) is 18.0 Å². The quantitative estimate of drug-likeness (QED) is 0.700. The largest absolute Gasteiger partial charge is 0.326 e. The van der Waals surface area contributed by atoms with Crippen LogP contribution in [-0.2, 0) is 0 Å². The molecule has 0 aromatic carbocycles. The molecule has 2 heteroatoms. The van der Waals surface area contributed by atoms with Crippen molar-refractivity contribution in [2.75, 3.05) is 13.1 Å². The number of rotatable bonds is 5. The summed E-state index contributed by atoms with van der Waals surface area (Å²) in [6.07, 6.45) is 10.8. The molecule has 2 nitrogen and oxygen atoms in total. The van der Waals surface area contributed by atoms with Crippen molar-refractivity contribution in [1.82, 2.24) is 4.90 Å². The molecule has 1 heterocycles. The van der Waals surface area contributed by atoms with Crippen LogP contribution in [0.1, 0.15) is 46.0 Å². The average Bonchev–Trinajstić information content (AvgIpc) is 2.78. The summed E-state index contributed by atoms with van der Waals surface area (Å²) >= 11 is 0. The first-order valence-corrected chi connectivity index (χ1v) is 6.09. The van der Waals surface area contributed by atoms with Gasteiger partial charge in [0.25, 0.3) is 0 Å². The number of hydrogen-bond donors (Lipinski definition) is 1. The van der Waals surface area contributed by atoms with Crippen molar-refractivity contribution >= 4 is 0 Å². The summed E-state index contributed by atoms with van der Waals surface area (Å²) in [5, 5.41) is 0. The summed E-state index contributed by atoms with van der Waals surface area (Å²) in [6, 6.07) is 0.205. The van der Waals surface area contributed by atoms with Gasteiger partial charge in [-0.2, -0.15) is 0 Å². The Balaban J connectivity index is 2.61. The molecule has 1 aliphatic rings. The zero-order chi connectivity index (χ0) is 11.3. The molecule has 0 spiro atoms. The van der Waals surface area contributed by atoms with Crippen molar-refractivity contribution in [3.05, 3.63) is 0 Å². The summed E-state index contributed by atoms with van der Waals surface area (Å²) < 4.78 is 0. The first-order chi connectivity index (χ1) is 7.15. The first kappa shape index (κ1) is 12.5. The number of nitrogens with zero attached hydrogens (tertiary/aromatic N) is 1. The van der Waals surface area contributed by atoms with E-state index in [4.69, 9.17) is 12.2 Å². The molecule has 1 saturated heterocycles. The monoisotopic (exact) mass is 208 g/mol. The molecular formula is C13H24N2. The number of hydrogen-bond acceptors (Lipinski definition) is 2. The van der Waals surface area contributed by atoms with Crippen LogP contribution in [0.3, 0.4) is 0 Å². The molecule has 1 rings (SSSR count). The molecule has 15 heavy (non-hydrogen) atoms. The zero-order valence-electron chi connectivity index (χ0n) is 10.1. The molecule has 0 aromatic heterocycles. The van der Waals surface area contributed by atoms with Crippen molar-refractivity contribution in [1.29, 1.82) is 0 Å². The van der Waals surface area contributed by atoms with E-state index in [0.29, 0.717) is 0 Å². The lowest BCUT2D eigenvalue weighted by atomic mass is 9.85.